The fraction of sp³-hybridized carbons (Fsp3) is 0.500. The van der Waals surface area contributed by atoms with Crippen LogP contribution in [0.4, 0.5) is 0 Å². The highest BCUT2D eigenvalue weighted by Gasteiger charge is 2.05. The van der Waals surface area contributed by atoms with Crippen LogP contribution in [0.25, 0.3) is 0 Å². The summed E-state index contributed by atoms with van der Waals surface area (Å²) in [6.45, 7) is 7.56. The second-order valence-corrected chi connectivity index (χ2v) is 6.02. The Bertz CT molecular complexity index is 382. The fourth-order valence-electron chi connectivity index (χ4n) is 1.57. The Morgan fingerprint density at radius 2 is 2.12 bits per heavy atom. The first-order valence-electron chi connectivity index (χ1n) is 5.98. The van der Waals surface area contributed by atoms with E-state index in [-0.39, 0.29) is 0 Å². The normalized spacial score (nSPS) is 12.4. The molecule has 2 nitrogen and oxygen atoms in total. The number of rotatable bonds is 6. The van der Waals surface area contributed by atoms with Gasteiger partial charge in [-0.15, -0.1) is 0 Å². The van der Waals surface area contributed by atoms with Crippen LogP contribution >= 0.6 is 11.8 Å². The second-order valence-electron chi connectivity index (χ2n) is 4.33. The van der Waals surface area contributed by atoms with E-state index in [1.165, 1.54) is 5.56 Å². The highest BCUT2D eigenvalue weighted by atomic mass is 32.2. The Morgan fingerprint density at radius 3 is 2.76 bits per heavy atom. The van der Waals surface area contributed by atoms with Gasteiger partial charge in [-0.2, -0.15) is 17.0 Å². The lowest BCUT2D eigenvalue weighted by atomic mass is 10.1. The summed E-state index contributed by atoms with van der Waals surface area (Å²) in [5, 5.41) is 13.0. The molecule has 17 heavy (non-hydrogen) atoms. The molecule has 1 N–H and O–H groups in total. The molecule has 0 fully saturated rings. The van der Waals surface area contributed by atoms with Crippen molar-refractivity contribution >= 4 is 11.8 Å². The lowest BCUT2D eigenvalue weighted by molar-refractivity contribution is 0.601. The summed E-state index contributed by atoms with van der Waals surface area (Å²) in [6.07, 6.45) is 0. The molecule has 0 bridgehead atoms. The average Bonchev–Trinajstić information content (AvgIpc) is 2.34. The molecule has 0 saturated heterocycles. The SMILES string of the molecule is CC(C)SCCN[C@H](C)c1cccc(C#N)c1. The zero-order valence-corrected chi connectivity index (χ0v) is 11.6. The molecule has 0 aromatic heterocycles. The summed E-state index contributed by atoms with van der Waals surface area (Å²) >= 11 is 1.96. The molecule has 1 atom stereocenters. The third-order valence-corrected chi connectivity index (χ3v) is 3.63. The van der Waals surface area contributed by atoms with Crippen molar-refractivity contribution in [1.82, 2.24) is 5.32 Å². The molecule has 0 radical (unpaired) electrons. The van der Waals surface area contributed by atoms with Crippen LogP contribution in [0.2, 0.25) is 0 Å². The summed E-state index contributed by atoms with van der Waals surface area (Å²) in [7, 11) is 0. The number of nitriles is 1. The predicted molar refractivity (Wildman–Crippen MR) is 75.2 cm³/mol. The molecule has 0 unspecified atom stereocenters. The third-order valence-electron chi connectivity index (χ3n) is 2.52. The van der Waals surface area contributed by atoms with E-state index in [2.05, 4.69) is 38.2 Å². The van der Waals surface area contributed by atoms with E-state index < -0.39 is 0 Å². The third kappa shape index (κ3) is 5.25. The Hall–Kier alpha value is -0.980. The van der Waals surface area contributed by atoms with Crippen LogP contribution in [0, 0.1) is 11.3 Å². The number of nitrogens with one attached hydrogen (secondary N) is 1. The minimum Gasteiger partial charge on any atom is -0.309 e. The molecule has 1 aromatic carbocycles. The molecule has 1 aromatic rings. The van der Waals surface area contributed by atoms with E-state index >= 15 is 0 Å². The van der Waals surface area contributed by atoms with Gasteiger partial charge in [-0.3, -0.25) is 0 Å². The Morgan fingerprint density at radius 1 is 1.35 bits per heavy atom. The Kier molecular flexibility index (Phi) is 6.10. The lowest BCUT2D eigenvalue weighted by Gasteiger charge is -2.14. The molecule has 0 amide bonds. The van der Waals surface area contributed by atoms with Gasteiger partial charge in [0, 0.05) is 18.3 Å². The minimum absolute atomic E-state index is 0.302. The first-order chi connectivity index (χ1) is 8.13. The van der Waals surface area contributed by atoms with Gasteiger partial charge >= 0.3 is 0 Å². The Labute approximate surface area is 108 Å². The van der Waals surface area contributed by atoms with Crippen molar-refractivity contribution in [2.45, 2.75) is 32.1 Å². The van der Waals surface area contributed by atoms with E-state index in [0.717, 1.165) is 17.9 Å². The number of hydrogen-bond donors (Lipinski definition) is 1. The van der Waals surface area contributed by atoms with Crippen LogP contribution in [0.3, 0.4) is 0 Å². The first kappa shape index (κ1) is 14.1. The van der Waals surface area contributed by atoms with Crippen molar-refractivity contribution < 1.29 is 0 Å². The quantitative estimate of drug-likeness (QED) is 0.784. The minimum atomic E-state index is 0.302. The van der Waals surface area contributed by atoms with E-state index in [1.807, 2.05) is 30.0 Å². The van der Waals surface area contributed by atoms with E-state index in [4.69, 9.17) is 5.26 Å². The highest BCUT2D eigenvalue weighted by Crippen LogP contribution is 2.14. The Balaban J connectivity index is 2.41. The molecule has 0 spiro atoms. The monoisotopic (exact) mass is 248 g/mol. The maximum absolute atomic E-state index is 8.85. The largest absolute Gasteiger partial charge is 0.309 e. The molecule has 3 heteroatoms. The van der Waals surface area contributed by atoms with Crippen molar-refractivity contribution in [3.8, 4) is 6.07 Å². The molecule has 92 valence electrons. The summed E-state index contributed by atoms with van der Waals surface area (Å²) < 4.78 is 0. The number of nitrogens with zero attached hydrogens (tertiary/aromatic N) is 1. The van der Waals surface area contributed by atoms with Gasteiger partial charge in [-0.25, -0.2) is 0 Å². The van der Waals surface area contributed by atoms with Gasteiger partial charge in [0.2, 0.25) is 0 Å². The van der Waals surface area contributed by atoms with E-state index in [1.54, 1.807) is 0 Å². The fourth-order valence-corrected chi connectivity index (χ4v) is 2.27. The molecular formula is C14H20N2S. The average molecular weight is 248 g/mol. The molecular weight excluding hydrogens is 228 g/mol. The topological polar surface area (TPSA) is 35.8 Å². The predicted octanol–water partition coefficient (Wildman–Crippen LogP) is 3.35. The van der Waals surface area contributed by atoms with Gasteiger partial charge < -0.3 is 5.32 Å². The van der Waals surface area contributed by atoms with Gasteiger partial charge in [0.1, 0.15) is 0 Å². The van der Waals surface area contributed by atoms with E-state index in [9.17, 15) is 0 Å². The zero-order valence-electron chi connectivity index (χ0n) is 10.7. The van der Waals surface area contributed by atoms with Crippen LogP contribution in [0.5, 0.6) is 0 Å². The van der Waals surface area contributed by atoms with Gasteiger partial charge in [-0.1, -0.05) is 26.0 Å². The highest BCUT2D eigenvalue weighted by molar-refractivity contribution is 7.99. The van der Waals surface area contributed by atoms with Gasteiger partial charge in [-0.05, 0) is 29.9 Å². The maximum Gasteiger partial charge on any atom is 0.0991 e. The standard InChI is InChI=1S/C14H20N2S/c1-11(2)17-8-7-16-12(3)14-6-4-5-13(9-14)10-15/h4-6,9,11-12,16H,7-8H2,1-3H3/t12-/m1/s1. The summed E-state index contributed by atoms with van der Waals surface area (Å²) in [5.41, 5.74) is 1.91. The summed E-state index contributed by atoms with van der Waals surface area (Å²) in [5.74, 6) is 1.12. The molecule has 0 aliphatic rings. The van der Waals surface area contributed by atoms with Crippen LogP contribution in [0.1, 0.15) is 37.9 Å². The van der Waals surface area contributed by atoms with Crippen molar-refractivity contribution in [2.75, 3.05) is 12.3 Å². The van der Waals surface area contributed by atoms with Crippen LogP contribution in [-0.2, 0) is 0 Å². The van der Waals surface area contributed by atoms with Crippen molar-refractivity contribution in [2.24, 2.45) is 0 Å². The van der Waals surface area contributed by atoms with Crippen molar-refractivity contribution in [3.05, 3.63) is 35.4 Å². The van der Waals surface area contributed by atoms with Crippen LogP contribution in [0.15, 0.2) is 24.3 Å². The number of benzene rings is 1. The van der Waals surface area contributed by atoms with Crippen LogP contribution in [-0.4, -0.2) is 17.5 Å². The van der Waals surface area contributed by atoms with Gasteiger partial charge in [0.15, 0.2) is 0 Å². The first-order valence-corrected chi connectivity index (χ1v) is 7.03. The van der Waals surface area contributed by atoms with Crippen molar-refractivity contribution in [3.63, 3.8) is 0 Å². The summed E-state index contributed by atoms with van der Waals surface area (Å²) in [4.78, 5) is 0. The molecule has 0 heterocycles. The van der Waals surface area contributed by atoms with Crippen LogP contribution < -0.4 is 5.32 Å². The number of hydrogen-bond acceptors (Lipinski definition) is 3. The summed E-state index contributed by atoms with van der Waals surface area (Å²) in [6, 6.07) is 10.3. The molecule has 0 saturated carbocycles. The molecule has 0 aliphatic carbocycles. The lowest BCUT2D eigenvalue weighted by Crippen LogP contribution is -2.21. The molecule has 0 aliphatic heterocycles. The number of thioether (sulfide) groups is 1. The second kappa shape index (κ2) is 7.37. The zero-order chi connectivity index (χ0) is 12.7. The molecule has 1 rings (SSSR count). The van der Waals surface area contributed by atoms with Crippen molar-refractivity contribution in [1.29, 1.82) is 5.26 Å². The van der Waals surface area contributed by atoms with Gasteiger partial charge in [0.05, 0.1) is 11.6 Å². The smallest absolute Gasteiger partial charge is 0.0991 e. The van der Waals surface area contributed by atoms with Gasteiger partial charge in [0.25, 0.3) is 0 Å². The van der Waals surface area contributed by atoms with E-state index in [0.29, 0.717) is 11.3 Å². The maximum atomic E-state index is 8.85.